The number of amides is 1. The Hall–Kier alpha value is -3.32. The maximum Gasteiger partial charge on any atom is 0.276 e. The lowest BCUT2D eigenvalue weighted by Crippen LogP contribution is -2.35. The molecular formula is C19H19Cl2N7O4S. The van der Waals surface area contributed by atoms with Crippen molar-refractivity contribution in [2.24, 2.45) is 0 Å². The second-order valence-electron chi connectivity index (χ2n) is 6.56. The molecule has 0 bridgehead atoms. The van der Waals surface area contributed by atoms with E-state index in [2.05, 4.69) is 31.1 Å². The summed E-state index contributed by atoms with van der Waals surface area (Å²) in [5.74, 6) is -0.278. The summed E-state index contributed by atoms with van der Waals surface area (Å²) in [4.78, 5) is 22.1. The van der Waals surface area contributed by atoms with E-state index < -0.39 is 15.9 Å². The Kier molecular flexibility index (Phi) is 7.76. The van der Waals surface area contributed by atoms with Gasteiger partial charge in [0.25, 0.3) is 15.9 Å². The Labute approximate surface area is 199 Å². The summed E-state index contributed by atoms with van der Waals surface area (Å²) < 4.78 is 30.1. The number of nitrogens with one attached hydrogen (secondary N) is 4. The van der Waals surface area contributed by atoms with Crippen LogP contribution in [-0.2, 0) is 14.8 Å². The van der Waals surface area contributed by atoms with E-state index in [1.165, 1.54) is 24.3 Å². The molecule has 0 aliphatic carbocycles. The molecule has 0 spiro atoms. The Morgan fingerprint density at radius 1 is 1.06 bits per heavy atom. The summed E-state index contributed by atoms with van der Waals surface area (Å²) in [5, 5.41) is 0.690. The summed E-state index contributed by atoms with van der Waals surface area (Å²) >= 11 is 11.8. The number of aryl methyl sites for hydroxylation is 1. The number of hydrazine groups is 2. The fraction of sp³-hybridized carbons (Fsp3) is 0.105. The Bertz CT molecular complexity index is 1260. The number of benzene rings is 2. The molecule has 0 saturated carbocycles. The molecule has 0 aliphatic rings. The number of ether oxygens (including phenoxy) is 1. The first kappa shape index (κ1) is 24.3. The van der Waals surface area contributed by atoms with Gasteiger partial charge in [-0.2, -0.15) is 0 Å². The van der Waals surface area contributed by atoms with Crippen LogP contribution in [0.15, 0.2) is 53.7 Å². The van der Waals surface area contributed by atoms with Gasteiger partial charge in [-0.3, -0.25) is 21.1 Å². The molecule has 11 nitrogen and oxygen atoms in total. The van der Waals surface area contributed by atoms with E-state index in [4.69, 9.17) is 33.7 Å². The Morgan fingerprint density at radius 2 is 1.73 bits per heavy atom. The Balaban J connectivity index is 1.57. The van der Waals surface area contributed by atoms with Gasteiger partial charge < -0.3 is 10.5 Å². The minimum Gasteiger partial charge on any atom is -0.482 e. The molecule has 174 valence electrons. The lowest BCUT2D eigenvalue weighted by atomic mass is 10.2. The van der Waals surface area contributed by atoms with Gasteiger partial charge in [0, 0.05) is 5.02 Å². The van der Waals surface area contributed by atoms with Gasteiger partial charge in [-0.15, -0.1) is 4.83 Å². The molecular weight excluding hydrogens is 493 g/mol. The number of sulfonamides is 1. The van der Waals surface area contributed by atoms with Crippen LogP contribution in [-0.4, -0.2) is 30.9 Å². The van der Waals surface area contributed by atoms with E-state index in [0.717, 1.165) is 11.9 Å². The number of nitrogens with zero attached hydrogens (tertiary/aromatic N) is 2. The molecule has 0 atom stereocenters. The fourth-order valence-electron chi connectivity index (χ4n) is 2.39. The van der Waals surface area contributed by atoms with Crippen molar-refractivity contribution in [1.82, 2.24) is 20.2 Å². The maximum absolute atomic E-state index is 12.4. The van der Waals surface area contributed by atoms with Crippen LogP contribution in [0.2, 0.25) is 10.0 Å². The fourth-order valence-corrected chi connectivity index (χ4v) is 3.69. The number of nitrogens with two attached hydrogens (primary N) is 1. The van der Waals surface area contributed by atoms with Crippen LogP contribution in [0.5, 0.6) is 5.75 Å². The highest BCUT2D eigenvalue weighted by molar-refractivity contribution is 7.89. The zero-order chi connectivity index (χ0) is 24.0. The van der Waals surface area contributed by atoms with E-state index in [1.54, 1.807) is 18.2 Å². The SMILES string of the molecule is Cc1ccc(S(=O)(=O)NNc2ncnc(NNC(=O)COc3ccc(Cl)cc3Cl)c2N)cc1. The van der Waals surface area contributed by atoms with Crippen LogP contribution in [0.4, 0.5) is 17.3 Å². The van der Waals surface area contributed by atoms with E-state index in [0.29, 0.717) is 5.02 Å². The molecule has 2 aromatic carbocycles. The molecule has 14 heteroatoms. The summed E-state index contributed by atoms with van der Waals surface area (Å²) in [5.41, 5.74) is 14.1. The molecule has 0 saturated heterocycles. The molecule has 0 fully saturated rings. The number of anilines is 3. The lowest BCUT2D eigenvalue weighted by Gasteiger charge is -2.14. The number of carbonyl (C=O) groups is 1. The minimum absolute atomic E-state index is 0.0263. The third kappa shape index (κ3) is 6.58. The average molecular weight is 512 g/mol. The van der Waals surface area contributed by atoms with Crippen LogP contribution in [0, 0.1) is 6.92 Å². The van der Waals surface area contributed by atoms with Crippen molar-refractivity contribution in [3.05, 3.63) is 64.4 Å². The smallest absolute Gasteiger partial charge is 0.276 e. The van der Waals surface area contributed by atoms with Crippen molar-refractivity contribution in [3.8, 4) is 5.75 Å². The first-order valence-electron chi connectivity index (χ1n) is 9.23. The number of aromatic nitrogens is 2. The van der Waals surface area contributed by atoms with Crippen LogP contribution in [0.1, 0.15) is 5.56 Å². The second-order valence-corrected chi connectivity index (χ2v) is 9.09. The third-order valence-corrected chi connectivity index (χ3v) is 5.89. The number of carbonyl (C=O) groups excluding carboxylic acids is 1. The van der Waals surface area contributed by atoms with Gasteiger partial charge in [0.2, 0.25) is 0 Å². The number of hydrogen-bond donors (Lipinski definition) is 5. The molecule has 33 heavy (non-hydrogen) atoms. The van der Waals surface area contributed by atoms with Crippen LogP contribution >= 0.6 is 23.2 Å². The highest BCUT2D eigenvalue weighted by atomic mass is 35.5. The minimum atomic E-state index is -3.87. The average Bonchev–Trinajstić information content (AvgIpc) is 2.77. The highest BCUT2D eigenvalue weighted by Crippen LogP contribution is 2.27. The van der Waals surface area contributed by atoms with Gasteiger partial charge >= 0.3 is 0 Å². The van der Waals surface area contributed by atoms with E-state index in [1.807, 2.05) is 6.92 Å². The number of hydrogen-bond acceptors (Lipinski definition) is 9. The molecule has 6 N–H and O–H groups in total. The molecule has 1 aromatic heterocycles. The highest BCUT2D eigenvalue weighted by Gasteiger charge is 2.16. The van der Waals surface area contributed by atoms with Gasteiger partial charge in [-0.25, -0.2) is 18.4 Å². The van der Waals surface area contributed by atoms with Gasteiger partial charge in [0.1, 0.15) is 17.8 Å². The first-order valence-corrected chi connectivity index (χ1v) is 11.5. The molecule has 3 aromatic rings. The molecule has 0 unspecified atom stereocenters. The largest absolute Gasteiger partial charge is 0.482 e. The quantitative estimate of drug-likeness (QED) is 0.271. The van der Waals surface area contributed by atoms with E-state index in [-0.39, 0.29) is 39.6 Å². The predicted octanol–water partition coefficient (Wildman–Crippen LogP) is 2.50. The summed E-state index contributed by atoms with van der Waals surface area (Å²) in [7, 11) is -3.87. The summed E-state index contributed by atoms with van der Waals surface area (Å²) in [6, 6.07) is 10.9. The predicted molar refractivity (Wildman–Crippen MR) is 125 cm³/mol. The van der Waals surface area contributed by atoms with Gasteiger partial charge in [0.05, 0.1) is 9.92 Å². The monoisotopic (exact) mass is 511 g/mol. The summed E-state index contributed by atoms with van der Waals surface area (Å²) in [6.07, 6.45) is 1.12. The van der Waals surface area contributed by atoms with Crippen LogP contribution in [0.3, 0.4) is 0 Å². The van der Waals surface area contributed by atoms with E-state index in [9.17, 15) is 13.2 Å². The van der Waals surface area contributed by atoms with Crippen molar-refractivity contribution in [2.45, 2.75) is 11.8 Å². The van der Waals surface area contributed by atoms with Gasteiger partial charge in [-0.1, -0.05) is 40.9 Å². The Morgan fingerprint density at radius 3 is 2.39 bits per heavy atom. The van der Waals surface area contributed by atoms with Crippen molar-refractivity contribution in [3.63, 3.8) is 0 Å². The van der Waals surface area contributed by atoms with Crippen LogP contribution in [0.25, 0.3) is 0 Å². The number of nitrogen functional groups attached to an aromatic ring is 1. The van der Waals surface area contributed by atoms with Gasteiger partial charge in [-0.05, 0) is 37.3 Å². The topological polar surface area (TPSA) is 160 Å². The van der Waals surface area contributed by atoms with Crippen molar-refractivity contribution in [2.75, 3.05) is 23.2 Å². The van der Waals surface area contributed by atoms with E-state index >= 15 is 0 Å². The lowest BCUT2D eigenvalue weighted by molar-refractivity contribution is -0.122. The molecule has 0 aliphatic heterocycles. The van der Waals surface area contributed by atoms with Crippen molar-refractivity contribution < 1.29 is 17.9 Å². The van der Waals surface area contributed by atoms with Crippen LogP contribution < -0.4 is 31.6 Å². The molecule has 3 rings (SSSR count). The van der Waals surface area contributed by atoms with Crippen molar-refractivity contribution in [1.29, 1.82) is 0 Å². The van der Waals surface area contributed by atoms with Crippen molar-refractivity contribution >= 4 is 56.5 Å². The number of halogens is 2. The zero-order valence-corrected chi connectivity index (χ0v) is 19.4. The zero-order valence-electron chi connectivity index (χ0n) is 17.1. The summed E-state index contributed by atoms with van der Waals surface area (Å²) in [6.45, 7) is 1.48. The van der Waals surface area contributed by atoms with Gasteiger partial charge in [0.15, 0.2) is 18.2 Å². The molecule has 0 radical (unpaired) electrons. The molecule has 1 amide bonds. The molecule has 1 heterocycles. The standard InChI is InChI=1S/C19H19Cl2N7O4S/c1-11-2-5-13(6-3-11)33(30,31)28-27-19-17(22)18(23-10-24-19)26-25-16(29)9-32-15-7-4-12(20)8-14(15)21/h2-8,10,28H,9,22H2,1H3,(H,25,29)(H2,23,24,26,27). The normalized spacial score (nSPS) is 11.0. The first-order chi connectivity index (χ1) is 15.7. The third-order valence-electron chi connectivity index (χ3n) is 4.09. The maximum atomic E-state index is 12.4. The number of rotatable bonds is 9. The second kappa shape index (κ2) is 10.5.